The van der Waals surface area contributed by atoms with E-state index in [1.165, 1.54) is 12.8 Å². The van der Waals surface area contributed by atoms with Crippen LogP contribution in [0, 0.1) is 11.3 Å². The molecule has 0 aromatic carbocycles. The Morgan fingerprint density at radius 2 is 2.11 bits per heavy atom. The van der Waals surface area contributed by atoms with Crippen LogP contribution in [0.1, 0.15) is 51.5 Å². The van der Waals surface area contributed by atoms with E-state index in [1.54, 1.807) is 18.0 Å². The monoisotopic (exact) mass is 375 g/mol. The topological polar surface area (TPSA) is 91.8 Å². The third-order valence-electron chi connectivity index (χ3n) is 5.77. The summed E-state index contributed by atoms with van der Waals surface area (Å²) in [4.78, 5) is 29.5. The number of urea groups is 1. The van der Waals surface area contributed by atoms with Crippen molar-refractivity contribution in [2.75, 3.05) is 13.1 Å². The van der Waals surface area contributed by atoms with Crippen molar-refractivity contribution >= 4 is 12.0 Å². The van der Waals surface area contributed by atoms with Gasteiger partial charge in [0.1, 0.15) is 6.10 Å². The van der Waals surface area contributed by atoms with Crippen molar-refractivity contribution in [2.24, 2.45) is 11.3 Å². The van der Waals surface area contributed by atoms with Crippen LogP contribution in [-0.2, 0) is 11.3 Å². The summed E-state index contributed by atoms with van der Waals surface area (Å²) in [6.45, 7) is 5.01. The first-order valence-electron chi connectivity index (χ1n) is 9.73. The Morgan fingerprint density at radius 3 is 2.78 bits per heavy atom. The Morgan fingerprint density at radius 1 is 1.37 bits per heavy atom. The number of carbonyl (C=O) groups is 2. The molecule has 1 aromatic heterocycles. The second-order valence-corrected chi connectivity index (χ2v) is 8.20. The van der Waals surface area contributed by atoms with Crippen molar-refractivity contribution in [3.8, 4) is 5.88 Å². The second-order valence-electron chi connectivity index (χ2n) is 8.20. The van der Waals surface area contributed by atoms with E-state index in [0.717, 1.165) is 24.3 Å². The first-order chi connectivity index (χ1) is 12.9. The summed E-state index contributed by atoms with van der Waals surface area (Å²) in [5.41, 5.74) is 0.0599. The van der Waals surface area contributed by atoms with Crippen LogP contribution < -0.4 is 10.1 Å². The minimum atomic E-state index is -0.856. The lowest BCUT2D eigenvalue weighted by molar-refractivity contribution is -0.147. The Hall–Kier alpha value is -2.31. The van der Waals surface area contributed by atoms with Crippen molar-refractivity contribution in [1.29, 1.82) is 0 Å². The molecule has 1 atom stereocenters. The lowest BCUT2D eigenvalue weighted by Crippen LogP contribution is -2.40. The van der Waals surface area contributed by atoms with Crippen LogP contribution in [-0.4, -0.2) is 46.2 Å². The summed E-state index contributed by atoms with van der Waals surface area (Å²) < 4.78 is 6.01. The van der Waals surface area contributed by atoms with Crippen LogP contribution in [0.4, 0.5) is 4.79 Å². The molecule has 7 heteroatoms. The molecule has 2 amide bonds. The molecule has 2 N–H and O–H groups in total. The highest BCUT2D eigenvalue weighted by Gasteiger charge is 2.42. The second kappa shape index (κ2) is 8.15. The summed E-state index contributed by atoms with van der Waals surface area (Å²) in [5.74, 6) is 0.514. The molecule has 0 spiro atoms. The van der Waals surface area contributed by atoms with Crippen LogP contribution in [0.15, 0.2) is 18.3 Å². The summed E-state index contributed by atoms with van der Waals surface area (Å²) in [5, 5.41) is 12.1. The van der Waals surface area contributed by atoms with Crippen molar-refractivity contribution < 1.29 is 19.4 Å². The number of hydrogen-bond acceptors (Lipinski definition) is 4. The zero-order valence-corrected chi connectivity index (χ0v) is 16.1. The number of nitrogens with zero attached hydrogens (tertiary/aromatic N) is 2. The van der Waals surface area contributed by atoms with Gasteiger partial charge in [0.25, 0.3) is 0 Å². The van der Waals surface area contributed by atoms with Crippen LogP contribution >= 0.6 is 0 Å². The molecule has 1 aliphatic carbocycles. The van der Waals surface area contributed by atoms with E-state index in [2.05, 4.69) is 17.2 Å². The molecule has 1 aliphatic heterocycles. The molecule has 0 bridgehead atoms. The van der Waals surface area contributed by atoms with Gasteiger partial charge in [-0.2, -0.15) is 0 Å². The van der Waals surface area contributed by atoms with Gasteiger partial charge >= 0.3 is 12.0 Å². The van der Waals surface area contributed by atoms with Crippen LogP contribution in [0.2, 0.25) is 0 Å². The molecule has 1 saturated heterocycles. The third-order valence-corrected chi connectivity index (χ3v) is 5.77. The number of rotatable bonds is 5. The number of carboxylic acid groups (broad SMARTS) is 1. The highest BCUT2D eigenvalue weighted by Crippen LogP contribution is 2.30. The zero-order valence-electron chi connectivity index (χ0n) is 16.1. The van der Waals surface area contributed by atoms with Crippen molar-refractivity contribution in [3.05, 3.63) is 23.9 Å². The van der Waals surface area contributed by atoms with E-state index >= 15 is 0 Å². The Kier molecular flexibility index (Phi) is 5.87. The number of amides is 2. The normalized spacial score (nSPS) is 28.0. The predicted molar refractivity (Wildman–Crippen MR) is 100 cm³/mol. The average molecular weight is 375 g/mol. The first-order valence-corrected chi connectivity index (χ1v) is 9.73. The highest BCUT2D eigenvalue weighted by molar-refractivity contribution is 5.79. The molecule has 1 saturated carbocycles. The number of likely N-dealkylation sites (tertiary alicyclic amines) is 1. The standard InChI is InChI=1S/C20H29N3O4/c1-14-3-5-16(6-4-14)27-17-11-15(7-9-21-17)12-22-19(26)23-10-8-20(2,13-23)18(24)25/h7,9,11,14,16H,3-6,8,10,12-13H2,1-2H3,(H,22,26)(H,24,25). The summed E-state index contributed by atoms with van der Waals surface area (Å²) in [6.07, 6.45) is 6.87. The van der Waals surface area contributed by atoms with Crippen molar-refractivity contribution in [3.63, 3.8) is 0 Å². The van der Waals surface area contributed by atoms with Gasteiger partial charge in [0.05, 0.1) is 5.41 Å². The number of pyridine rings is 1. The van der Waals surface area contributed by atoms with Crippen LogP contribution in [0.25, 0.3) is 0 Å². The number of hydrogen-bond donors (Lipinski definition) is 2. The van der Waals surface area contributed by atoms with Gasteiger partial charge in [-0.15, -0.1) is 0 Å². The van der Waals surface area contributed by atoms with E-state index in [0.29, 0.717) is 25.4 Å². The number of aliphatic carboxylic acids is 1. The number of ether oxygens (including phenoxy) is 1. The SMILES string of the molecule is CC1CCC(Oc2cc(CNC(=O)N3CCC(C)(C(=O)O)C3)ccn2)CC1. The highest BCUT2D eigenvalue weighted by atomic mass is 16.5. The quantitative estimate of drug-likeness (QED) is 0.825. The number of carboxylic acids is 1. The molecule has 2 fully saturated rings. The van der Waals surface area contributed by atoms with Crippen LogP contribution in [0.3, 0.4) is 0 Å². The van der Waals surface area contributed by atoms with Gasteiger partial charge in [-0.25, -0.2) is 9.78 Å². The fourth-order valence-electron chi connectivity index (χ4n) is 3.74. The van der Waals surface area contributed by atoms with E-state index < -0.39 is 11.4 Å². The zero-order chi connectivity index (χ0) is 19.4. The molecule has 0 radical (unpaired) electrons. The van der Waals surface area contributed by atoms with Gasteiger partial charge in [-0.1, -0.05) is 6.92 Å². The van der Waals surface area contributed by atoms with Crippen LogP contribution in [0.5, 0.6) is 5.88 Å². The summed E-state index contributed by atoms with van der Waals surface area (Å²) in [6, 6.07) is 3.48. The number of aromatic nitrogens is 1. The third kappa shape index (κ3) is 4.90. The molecule has 7 nitrogen and oxygen atoms in total. The number of carbonyl (C=O) groups excluding carboxylic acids is 1. The Bertz CT molecular complexity index is 688. The van der Waals surface area contributed by atoms with E-state index in [4.69, 9.17) is 4.74 Å². The molecule has 27 heavy (non-hydrogen) atoms. The molecular weight excluding hydrogens is 346 g/mol. The largest absolute Gasteiger partial charge is 0.481 e. The van der Waals surface area contributed by atoms with Crippen molar-refractivity contribution in [1.82, 2.24) is 15.2 Å². The Balaban J connectivity index is 1.50. The lowest BCUT2D eigenvalue weighted by Gasteiger charge is -2.26. The molecule has 1 aromatic rings. The first kappa shape index (κ1) is 19.5. The maximum atomic E-state index is 12.3. The van der Waals surface area contributed by atoms with Gasteiger partial charge in [0, 0.05) is 31.9 Å². The number of nitrogens with one attached hydrogen (secondary N) is 1. The molecule has 1 unspecified atom stereocenters. The minimum Gasteiger partial charge on any atom is -0.481 e. The fraction of sp³-hybridized carbons (Fsp3) is 0.650. The smallest absolute Gasteiger partial charge is 0.317 e. The van der Waals surface area contributed by atoms with Gasteiger partial charge in [0.15, 0.2) is 0 Å². The lowest BCUT2D eigenvalue weighted by atomic mass is 9.89. The maximum Gasteiger partial charge on any atom is 0.317 e. The molecule has 3 rings (SSSR count). The molecule has 2 aliphatic rings. The van der Waals surface area contributed by atoms with Gasteiger partial charge in [0.2, 0.25) is 5.88 Å². The Labute approximate surface area is 160 Å². The summed E-state index contributed by atoms with van der Waals surface area (Å²) >= 11 is 0. The maximum absolute atomic E-state index is 12.3. The fourth-order valence-corrected chi connectivity index (χ4v) is 3.74. The average Bonchev–Trinajstić information content (AvgIpc) is 3.06. The van der Waals surface area contributed by atoms with Gasteiger partial charge < -0.3 is 20.1 Å². The minimum absolute atomic E-state index is 0.219. The van der Waals surface area contributed by atoms with Crippen molar-refractivity contribution in [2.45, 2.75) is 58.6 Å². The van der Waals surface area contributed by atoms with E-state index in [9.17, 15) is 14.7 Å². The van der Waals surface area contributed by atoms with Gasteiger partial charge in [-0.3, -0.25) is 4.79 Å². The van der Waals surface area contributed by atoms with E-state index in [-0.39, 0.29) is 18.7 Å². The summed E-state index contributed by atoms with van der Waals surface area (Å²) in [7, 11) is 0. The van der Waals surface area contributed by atoms with E-state index in [1.807, 2.05) is 12.1 Å². The predicted octanol–water partition coefficient (Wildman–Crippen LogP) is 3.05. The molecule has 2 heterocycles. The molecular formula is C20H29N3O4. The molecule has 148 valence electrons. The van der Waals surface area contributed by atoms with Gasteiger partial charge in [-0.05, 0) is 56.6 Å².